The minimum atomic E-state index is 0. The molecule has 0 fully saturated rings. The van der Waals surface area contributed by atoms with E-state index in [9.17, 15) is 0 Å². The number of hydrogen-bond acceptors (Lipinski definition) is 1. The monoisotopic (exact) mass is 162 g/mol. The fourth-order valence-electron chi connectivity index (χ4n) is 0.158. The molecule has 0 aliphatic rings. The van der Waals surface area contributed by atoms with Crippen molar-refractivity contribution in [2.45, 2.75) is 19.8 Å². The molecule has 7 heavy (non-hydrogen) atoms. The molecule has 1 nitrogen and oxygen atoms in total. The molecule has 0 heterocycles. The minimum absolute atomic E-state index is 0. The molecule has 0 amide bonds. The molecule has 0 aromatic rings. The summed E-state index contributed by atoms with van der Waals surface area (Å²) in [6.07, 6.45) is 2.04. The maximum atomic E-state index is 8.07. The summed E-state index contributed by atoms with van der Waals surface area (Å²) < 4.78 is 0. The van der Waals surface area contributed by atoms with E-state index in [0.29, 0.717) is 6.61 Å². The van der Waals surface area contributed by atoms with Crippen molar-refractivity contribution in [1.82, 2.24) is 0 Å². The summed E-state index contributed by atoms with van der Waals surface area (Å²) in [5.41, 5.74) is 0. The van der Waals surface area contributed by atoms with Crippen LogP contribution in [0.4, 0.5) is 0 Å². The average molecular weight is 163 g/mol. The van der Waals surface area contributed by atoms with Gasteiger partial charge in [-0.05, 0) is 6.42 Å². The van der Waals surface area contributed by atoms with Crippen LogP contribution in [0.2, 0.25) is 0 Å². The third kappa shape index (κ3) is 20.0. The summed E-state index contributed by atoms with van der Waals surface area (Å²) in [6, 6.07) is 0. The number of halogens is 1. The predicted molar refractivity (Wildman–Crippen MR) is 29.2 cm³/mol. The molecule has 0 unspecified atom stereocenters. The van der Waals surface area contributed by atoms with E-state index in [4.69, 9.17) is 5.11 Å². The fraction of sp³-hybridized carbons (Fsp3) is 1.00. The second-order valence-corrected chi connectivity index (χ2v) is 1.08. The van der Waals surface area contributed by atoms with E-state index in [1.807, 2.05) is 0 Å². The van der Waals surface area contributed by atoms with Gasteiger partial charge in [0.15, 0.2) is 0 Å². The molecule has 0 aromatic carbocycles. The van der Waals surface area contributed by atoms with Crippen LogP contribution >= 0.6 is 12.4 Å². The molecular weight excluding hydrogens is 151 g/mol. The zero-order chi connectivity index (χ0) is 4.12. The third-order valence-corrected chi connectivity index (χ3v) is 0.512. The van der Waals surface area contributed by atoms with Gasteiger partial charge in [0.2, 0.25) is 0 Å². The van der Waals surface area contributed by atoms with Gasteiger partial charge in [-0.25, -0.2) is 0 Å². The van der Waals surface area contributed by atoms with Crippen LogP contribution in [0.3, 0.4) is 0 Å². The van der Waals surface area contributed by atoms with E-state index in [1.165, 1.54) is 0 Å². The molecule has 0 saturated heterocycles. The zero-order valence-corrected chi connectivity index (χ0v) is 6.48. The first kappa shape index (κ1) is 15.7. The molecule has 3 heteroatoms. The summed E-state index contributed by atoms with van der Waals surface area (Å²) in [5, 5.41) is 8.07. The van der Waals surface area contributed by atoms with Crippen molar-refractivity contribution in [1.29, 1.82) is 0 Å². The largest absolute Gasteiger partial charge is 0.396 e. The molecule has 0 atom stereocenters. The van der Waals surface area contributed by atoms with E-state index in [1.54, 1.807) is 0 Å². The summed E-state index contributed by atoms with van der Waals surface area (Å²) in [7, 11) is 0. The zero-order valence-electron chi connectivity index (χ0n) is 4.39. The Morgan fingerprint density at radius 3 is 1.86 bits per heavy atom. The van der Waals surface area contributed by atoms with Crippen LogP contribution in [0.25, 0.3) is 0 Å². The van der Waals surface area contributed by atoms with Crippen LogP contribution in [-0.2, 0) is 17.4 Å². The Hall–Kier alpha value is 0.782. The van der Waals surface area contributed by atoms with Crippen LogP contribution < -0.4 is 0 Å². The molecule has 1 N–H and O–H groups in total. The molecule has 0 radical (unpaired) electrons. The number of rotatable bonds is 2. The summed E-state index contributed by atoms with van der Waals surface area (Å²) in [5.74, 6) is 0. The van der Waals surface area contributed by atoms with Gasteiger partial charge in [-0.2, -0.15) is 0 Å². The molecule has 0 bridgehead atoms. The van der Waals surface area contributed by atoms with Crippen molar-refractivity contribution in [2.24, 2.45) is 0 Å². The molecule has 0 spiro atoms. The molecule has 0 aromatic heterocycles. The third-order valence-electron chi connectivity index (χ3n) is 0.512. The number of aliphatic hydroxyl groups excluding tert-OH is 1. The second-order valence-electron chi connectivity index (χ2n) is 1.08. The smallest absolute Gasteiger partial charge is 0.0430 e. The Labute approximate surface area is 61.7 Å². The summed E-state index contributed by atoms with van der Waals surface area (Å²) in [4.78, 5) is 0. The maximum Gasteiger partial charge on any atom is 0.0430 e. The van der Waals surface area contributed by atoms with E-state index in [2.05, 4.69) is 6.92 Å². The van der Waals surface area contributed by atoms with Gasteiger partial charge in [-0.3, -0.25) is 0 Å². The van der Waals surface area contributed by atoms with E-state index < -0.39 is 0 Å². The van der Waals surface area contributed by atoms with Crippen molar-refractivity contribution in [3.8, 4) is 0 Å². The van der Waals surface area contributed by atoms with Crippen molar-refractivity contribution >= 4 is 12.4 Å². The van der Waals surface area contributed by atoms with Crippen LogP contribution in [-0.4, -0.2) is 11.7 Å². The normalized spacial score (nSPS) is 6.00. The van der Waals surface area contributed by atoms with Crippen LogP contribution in [0.1, 0.15) is 19.8 Å². The van der Waals surface area contributed by atoms with E-state index in [0.717, 1.165) is 12.8 Å². The predicted octanol–water partition coefficient (Wildman–Crippen LogP) is 1.20. The van der Waals surface area contributed by atoms with Gasteiger partial charge >= 0.3 is 0 Å². The molecule has 0 aliphatic heterocycles. The minimum Gasteiger partial charge on any atom is -0.396 e. The Bertz CT molecular complexity index is 19.2. The van der Waals surface area contributed by atoms with Crippen molar-refractivity contribution < 1.29 is 22.5 Å². The quantitative estimate of drug-likeness (QED) is 0.647. The van der Waals surface area contributed by atoms with Gasteiger partial charge in [0, 0.05) is 24.0 Å². The van der Waals surface area contributed by atoms with Crippen molar-refractivity contribution in [3.05, 3.63) is 0 Å². The maximum absolute atomic E-state index is 8.07. The number of unbranched alkanes of at least 4 members (excludes halogenated alkanes) is 1. The Balaban J connectivity index is -0.0000000800. The first-order valence-electron chi connectivity index (χ1n) is 2.02. The van der Waals surface area contributed by atoms with Gasteiger partial charge in [-0.1, -0.05) is 13.3 Å². The van der Waals surface area contributed by atoms with Gasteiger partial charge in [0.25, 0.3) is 0 Å². The Kier molecular flexibility index (Phi) is 35.4. The number of aliphatic hydroxyl groups is 1. The Morgan fingerprint density at radius 1 is 1.43 bits per heavy atom. The first-order valence-corrected chi connectivity index (χ1v) is 2.02. The van der Waals surface area contributed by atoms with Gasteiger partial charge in [0.05, 0.1) is 0 Å². The van der Waals surface area contributed by atoms with Crippen LogP contribution in [0.15, 0.2) is 0 Å². The molecule has 0 aliphatic carbocycles. The van der Waals surface area contributed by atoms with Gasteiger partial charge in [-0.15, -0.1) is 12.4 Å². The van der Waals surface area contributed by atoms with Crippen LogP contribution in [0.5, 0.6) is 0 Å². The molecule has 0 rings (SSSR count). The van der Waals surface area contributed by atoms with E-state index >= 15 is 0 Å². The first-order chi connectivity index (χ1) is 2.41. The Morgan fingerprint density at radius 2 is 1.86 bits per heavy atom. The van der Waals surface area contributed by atoms with Gasteiger partial charge < -0.3 is 5.11 Å². The second kappa shape index (κ2) is 15.9. The van der Waals surface area contributed by atoms with Crippen molar-refractivity contribution in [3.63, 3.8) is 0 Å². The van der Waals surface area contributed by atoms with E-state index in [-0.39, 0.29) is 29.8 Å². The van der Waals surface area contributed by atoms with Crippen molar-refractivity contribution in [2.75, 3.05) is 6.61 Å². The fourth-order valence-corrected chi connectivity index (χ4v) is 0.158. The average Bonchev–Trinajstić information content (AvgIpc) is 1.41. The topological polar surface area (TPSA) is 20.2 Å². The van der Waals surface area contributed by atoms with Gasteiger partial charge in [0.1, 0.15) is 0 Å². The SMILES string of the molecule is CCCCO.Cl.[Cr]. The number of hydrogen-bond donors (Lipinski definition) is 1. The molecule has 46 valence electrons. The standard InChI is InChI=1S/C4H10O.ClH.Cr/c1-2-3-4-5;;/h5H,2-4H2,1H3;1H;. The summed E-state index contributed by atoms with van der Waals surface area (Å²) in [6.45, 7) is 2.40. The summed E-state index contributed by atoms with van der Waals surface area (Å²) >= 11 is 0. The molecule has 0 saturated carbocycles. The molecular formula is C4H11ClCrO. The van der Waals surface area contributed by atoms with Crippen LogP contribution in [0, 0.1) is 0 Å².